The maximum atomic E-state index is 12.6. The number of hydrogen-bond acceptors (Lipinski definition) is 4. The zero-order valence-electron chi connectivity index (χ0n) is 22.2. The van der Waals surface area contributed by atoms with Gasteiger partial charge in [-0.1, -0.05) is 48.5 Å². The Labute approximate surface area is 201 Å². The molecule has 11 atom stereocenters. The van der Waals surface area contributed by atoms with Gasteiger partial charge in [-0.2, -0.15) is 0 Å². The molecule has 0 radical (unpaired) electrons. The van der Waals surface area contributed by atoms with E-state index in [1.165, 1.54) is 0 Å². The van der Waals surface area contributed by atoms with Crippen molar-refractivity contribution in [2.45, 2.75) is 125 Å². The molecule has 4 aliphatic carbocycles. The van der Waals surface area contributed by atoms with E-state index in [4.69, 9.17) is 0 Å². The van der Waals surface area contributed by atoms with Crippen molar-refractivity contribution in [1.82, 2.24) is 0 Å². The lowest BCUT2D eigenvalue weighted by atomic mass is 9.39. The van der Waals surface area contributed by atoms with Crippen molar-refractivity contribution in [3.05, 3.63) is 0 Å². The van der Waals surface area contributed by atoms with E-state index >= 15 is 0 Å². The molecule has 0 unspecified atom stereocenters. The summed E-state index contributed by atoms with van der Waals surface area (Å²) in [6, 6.07) is 0. The van der Waals surface area contributed by atoms with Gasteiger partial charge in [0.05, 0.1) is 18.3 Å². The summed E-state index contributed by atoms with van der Waals surface area (Å²) in [5, 5.41) is 33.7. The van der Waals surface area contributed by atoms with Gasteiger partial charge in [0.1, 0.15) is 5.78 Å². The standard InChI is InChI=1S/C29H50O4/c1-17(8-11-23(32)26(2,3)4)19-9-10-20-25-21(14-24(33)29(19,20)7)28(6)13-12-18(30)15-27(28,5)16-22(25)31/h17-22,24-25,30-31,33H,8-16H2,1-7H3/t17-,18-,19-,20+,21+,22-,24+,25+,27+,28-,29-/m1/s1. The minimum absolute atomic E-state index is 0.0568. The van der Waals surface area contributed by atoms with Gasteiger partial charge in [0.25, 0.3) is 0 Å². The van der Waals surface area contributed by atoms with Crippen LogP contribution >= 0.6 is 0 Å². The van der Waals surface area contributed by atoms with E-state index < -0.39 is 0 Å². The third kappa shape index (κ3) is 3.85. The molecule has 0 aromatic carbocycles. The number of carbonyl (C=O) groups excluding carboxylic acids is 1. The van der Waals surface area contributed by atoms with Crippen LogP contribution in [0.3, 0.4) is 0 Å². The van der Waals surface area contributed by atoms with Gasteiger partial charge in [0, 0.05) is 11.8 Å². The van der Waals surface area contributed by atoms with Crippen LogP contribution in [-0.4, -0.2) is 39.4 Å². The second kappa shape index (κ2) is 8.30. The van der Waals surface area contributed by atoms with Gasteiger partial charge in [-0.15, -0.1) is 0 Å². The quantitative estimate of drug-likeness (QED) is 0.525. The van der Waals surface area contributed by atoms with Crippen molar-refractivity contribution in [2.75, 3.05) is 0 Å². The largest absolute Gasteiger partial charge is 0.393 e. The molecule has 4 fully saturated rings. The van der Waals surface area contributed by atoms with Crippen LogP contribution < -0.4 is 0 Å². The molecule has 0 bridgehead atoms. The van der Waals surface area contributed by atoms with Crippen molar-refractivity contribution in [3.8, 4) is 0 Å². The van der Waals surface area contributed by atoms with Crippen molar-refractivity contribution in [3.63, 3.8) is 0 Å². The lowest BCUT2D eigenvalue weighted by molar-refractivity contribution is -0.233. The predicted octanol–water partition coefficient (Wildman–Crippen LogP) is 5.37. The Kier molecular flexibility index (Phi) is 6.45. The first-order valence-electron chi connectivity index (χ1n) is 13.7. The smallest absolute Gasteiger partial charge is 0.138 e. The lowest BCUT2D eigenvalue weighted by Crippen LogP contribution is -2.65. The number of ketones is 1. The molecule has 0 aromatic rings. The van der Waals surface area contributed by atoms with Crippen molar-refractivity contribution in [1.29, 1.82) is 0 Å². The Morgan fingerprint density at radius 3 is 2.30 bits per heavy atom. The number of rotatable bonds is 4. The average molecular weight is 463 g/mol. The van der Waals surface area contributed by atoms with Gasteiger partial charge >= 0.3 is 0 Å². The fraction of sp³-hybridized carbons (Fsp3) is 0.966. The van der Waals surface area contributed by atoms with Gasteiger partial charge in [0.15, 0.2) is 0 Å². The molecule has 0 heterocycles. The van der Waals surface area contributed by atoms with Crippen molar-refractivity contribution in [2.24, 2.45) is 51.2 Å². The van der Waals surface area contributed by atoms with Gasteiger partial charge in [-0.05, 0) is 97.2 Å². The fourth-order valence-corrected chi connectivity index (χ4v) is 9.51. The van der Waals surface area contributed by atoms with Gasteiger partial charge in [-0.3, -0.25) is 4.79 Å². The molecule has 190 valence electrons. The summed E-state index contributed by atoms with van der Waals surface area (Å²) in [6.45, 7) is 15.3. The predicted molar refractivity (Wildman–Crippen MR) is 131 cm³/mol. The van der Waals surface area contributed by atoms with Crippen LogP contribution in [0.4, 0.5) is 0 Å². The van der Waals surface area contributed by atoms with E-state index in [2.05, 4.69) is 27.7 Å². The van der Waals surface area contributed by atoms with E-state index in [0.29, 0.717) is 35.9 Å². The molecule has 3 N–H and O–H groups in total. The molecule has 4 heteroatoms. The molecule has 33 heavy (non-hydrogen) atoms. The maximum absolute atomic E-state index is 12.6. The number of fused-ring (bicyclic) bond motifs is 5. The maximum Gasteiger partial charge on any atom is 0.138 e. The first kappa shape index (κ1) is 25.6. The highest BCUT2D eigenvalue weighted by molar-refractivity contribution is 5.83. The summed E-state index contributed by atoms with van der Waals surface area (Å²) in [5.74, 6) is 1.99. The second-order valence-electron chi connectivity index (χ2n) is 14.4. The van der Waals surface area contributed by atoms with E-state index in [1.807, 2.05) is 20.8 Å². The number of aliphatic hydroxyl groups excluding tert-OH is 3. The summed E-state index contributed by atoms with van der Waals surface area (Å²) in [7, 11) is 0. The molecule has 0 saturated heterocycles. The van der Waals surface area contributed by atoms with Crippen LogP contribution in [-0.2, 0) is 4.79 Å². The summed E-state index contributed by atoms with van der Waals surface area (Å²) in [5.41, 5.74) is -0.496. The second-order valence-corrected chi connectivity index (χ2v) is 14.4. The Morgan fingerprint density at radius 1 is 1.00 bits per heavy atom. The zero-order valence-corrected chi connectivity index (χ0v) is 22.2. The van der Waals surface area contributed by atoms with Crippen LogP contribution in [0.25, 0.3) is 0 Å². The Morgan fingerprint density at radius 2 is 1.67 bits per heavy atom. The zero-order chi connectivity index (χ0) is 24.6. The summed E-state index contributed by atoms with van der Waals surface area (Å²) in [4.78, 5) is 12.6. The Bertz CT molecular complexity index is 757. The molecular formula is C29H50O4. The molecule has 0 aromatic heterocycles. The summed E-state index contributed by atoms with van der Waals surface area (Å²) in [6.07, 6.45) is 6.81. The van der Waals surface area contributed by atoms with Crippen LogP contribution in [0.5, 0.6) is 0 Å². The summed E-state index contributed by atoms with van der Waals surface area (Å²) >= 11 is 0. The number of aliphatic hydroxyl groups is 3. The number of hydrogen-bond donors (Lipinski definition) is 3. The first-order chi connectivity index (χ1) is 15.1. The summed E-state index contributed by atoms with van der Waals surface area (Å²) < 4.78 is 0. The van der Waals surface area contributed by atoms with Crippen molar-refractivity contribution >= 4 is 5.78 Å². The van der Waals surface area contributed by atoms with Crippen molar-refractivity contribution < 1.29 is 20.1 Å². The van der Waals surface area contributed by atoms with Crippen LogP contribution in [0.2, 0.25) is 0 Å². The van der Waals surface area contributed by atoms with E-state index in [0.717, 1.165) is 51.4 Å². The van der Waals surface area contributed by atoms with Gasteiger partial charge in [0.2, 0.25) is 0 Å². The van der Waals surface area contributed by atoms with E-state index in [1.54, 1.807) is 0 Å². The van der Waals surface area contributed by atoms with Crippen LogP contribution in [0.1, 0.15) is 106 Å². The first-order valence-corrected chi connectivity index (χ1v) is 13.7. The molecule has 0 spiro atoms. The molecule has 4 nitrogen and oxygen atoms in total. The highest BCUT2D eigenvalue weighted by Gasteiger charge is 2.68. The minimum Gasteiger partial charge on any atom is -0.393 e. The highest BCUT2D eigenvalue weighted by Crippen LogP contribution is 2.71. The van der Waals surface area contributed by atoms with Gasteiger partial charge < -0.3 is 15.3 Å². The normalized spacial score (nSPS) is 50.8. The van der Waals surface area contributed by atoms with Crippen LogP contribution in [0, 0.1) is 51.2 Å². The third-order valence-electron chi connectivity index (χ3n) is 11.8. The number of Topliss-reactive ketones (excluding diaryl/α,β-unsaturated/α-hetero) is 1. The minimum atomic E-state index is -0.366. The molecule has 0 aliphatic heterocycles. The fourth-order valence-electron chi connectivity index (χ4n) is 9.51. The lowest BCUT2D eigenvalue weighted by Gasteiger charge is -2.67. The average Bonchev–Trinajstić information content (AvgIpc) is 3.06. The molecule has 0 amide bonds. The van der Waals surface area contributed by atoms with Crippen LogP contribution in [0.15, 0.2) is 0 Å². The molecular weight excluding hydrogens is 412 g/mol. The Balaban J connectivity index is 1.57. The highest BCUT2D eigenvalue weighted by atomic mass is 16.3. The molecule has 4 rings (SSSR count). The monoisotopic (exact) mass is 462 g/mol. The third-order valence-corrected chi connectivity index (χ3v) is 11.8. The molecule has 4 saturated carbocycles. The van der Waals surface area contributed by atoms with E-state index in [-0.39, 0.29) is 45.9 Å². The van der Waals surface area contributed by atoms with Gasteiger partial charge in [-0.25, -0.2) is 0 Å². The molecule has 4 aliphatic rings. The number of carbonyl (C=O) groups is 1. The SMILES string of the molecule is C[C@H](CCC(=O)C(C)(C)C)[C@H]1CC[C@H]2[C@@H]3[C@H](O)C[C@]4(C)C[C@H](O)CC[C@]4(C)[C@H]3C[C@H](O)[C@]12C. The Hall–Kier alpha value is -0.450. The van der Waals surface area contributed by atoms with E-state index in [9.17, 15) is 20.1 Å². The topological polar surface area (TPSA) is 77.8 Å².